The molecule has 3 N–H and O–H groups in total. The molecule has 0 aromatic heterocycles. The third-order valence-corrected chi connectivity index (χ3v) is 4.38. The average Bonchev–Trinajstić information content (AvgIpc) is 2.47. The lowest BCUT2D eigenvalue weighted by molar-refractivity contribution is 0.0953. The first-order valence-electron chi connectivity index (χ1n) is 6.50. The molecule has 2 aromatic rings. The predicted octanol–water partition coefficient (Wildman–Crippen LogP) is 3.34. The number of rotatable bonds is 4. The summed E-state index contributed by atoms with van der Waals surface area (Å²) < 4.78 is 13.8. The van der Waals surface area contributed by atoms with Gasteiger partial charge in [-0.2, -0.15) is 0 Å². The van der Waals surface area contributed by atoms with Crippen molar-refractivity contribution in [3.63, 3.8) is 0 Å². The van der Waals surface area contributed by atoms with Gasteiger partial charge in [0.05, 0.1) is 0 Å². The Morgan fingerprint density at radius 2 is 2.00 bits per heavy atom. The van der Waals surface area contributed by atoms with Crippen molar-refractivity contribution < 1.29 is 9.18 Å². The maximum absolute atomic E-state index is 13.8. The van der Waals surface area contributed by atoms with Crippen LogP contribution >= 0.6 is 11.8 Å². The van der Waals surface area contributed by atoms with Crippen LogP contribution in [-0.2, 0) is 5.75 Å². The summed E-state index contributed by atoms with van der Waals surface area (Å²) in [6.07, 6.45) is 0. The number of aryl methyl sites for hydroxylation is 2. The van der Waals surface area contributed by atoms with Gasteiger partial charge in [0.2, 0.25) is 0 Å². The average molecular weight is 304 g/mol. The SMILES string of the molecule is Cc1ccc(SCc2cc(C(=O)NN)ccc2F)c(C)c1. The number of carbonyl (C=O) groups excluding carboxylic acids is 1. The molecular weight excluding hydrogens is 287 g/mol. The van der Waals surface area contributed by atoms with Crippen LogP contribution in [0.4, 0.5) is 4.39 Å². The minimum absolute atomic E-state index is 0.319. The van der Waals surface area contributed by atoms with Crippen molar-refractivity contribution in [2.45, 2.75) is 24.5 Å². The Labute approximate surface area is 127 Å². The van der Waals surface area contributed by atoms with E-state index in [1.807, 2.05) is 31.4 Å². The van der Waals surface area contributed by atoms with Crippen molar-refractivity contribution in [1.82, 2.24) is 5.43 Å². The zero-order valence-electron chi connectivity index (χ0n) is 11.9. The Bertz CT molecular complexity index is 673. The van der Waals surface area contributed by atoms with Crippen molar-refractivity contribution in [3.8, 4) is 0 Å². The fourth-order valence-corrected chi connectivity index (χ4v) is 3.01. The molecule has 2 rings (SSSR count). The maximum atomic E-state index is 13.8. The molecule has 0 aliphatic heterocycles. The Balaban J connectivity index is 2.17. The molecule has 110 valence electrons. The van der Waals surface area contributed by atoms with Crippen LogP contribution in [0.25, 0.3) is 0 Å². The lowest BCUT2D eigenvalue weighted by Gasteiger charge is -2.09. The number of hydrazine groups is 1. The van der Waals surface area contributed by atoms with Crippen LogP contribution in [0.1, 0.15) is 27.0 Å². The van der Waals surface area contributed by atoms with Crippen LogP contribution in [0.15, 0.2) is 41.3 Å². The second-order valence-corrected chi connectivity index (χ2v) is 5.85. The summed E-state index contributed by atoms with van der Waals surface area (Å²) >= 11 is 1.55. The van der Waals surface area contributed by atoms with Crippen LogP contribution in [0.3, 0.4) is 0 Å². The summed E-state index contributed by atoms with van der Waals surface area (Å²) in [4.78, 5) is 12.6. The van der Waals surface area contributed by atoms with Gasteiger partial charge in [0.1, 0.15) is 5.82 Å². The summed E-state index contributed by atoms with van der Waals surface area (Å²) in [6.45, 7) is 4.07. The van der Waals surface area contributed by atoms with E-state index >= 15 is 0 Å². The molecule has 21 heavy (non-hydrogen) atoms. The summed E-state index contributed by atoms with van der Waals surface area (Å²) in [5.41, 5.74) is 5.25. The first-order chi connectivity index (χ1) is 10.0. The fraction of sp³-hybridized carbons (Fsp3) is 0.188. The molecule has 0 atom stereocenters. The molecule has 0 fully saturated rings. The van der Waals surface area contributed by atoms with E-state index in [2.05, 4.69) is 6.07 Å². The quantitative estimate of drug-likeness (QED) is 0.394. The number of carbonyl (C=O) groups is 1. The highest BCUT2D eigenvalue weighted by Gasteiger charge is 2.10. The van der Waals surface area contributed by atoms with Gasteiger partial charge in [-0.15, -0.1) is 11.8 Å². The monoisotopic (exact) mass is 304 g/mol. The molecule has 5 heteroatoms. The van der Waals surface area contributed by atoms with Crippen molar-refractivity contribution in [3.05, 3.63) is 64.5 Å². The minimum atomic E-state index is -0.423. The summed E-state index contributed by atoms with van der Waals surface area (Å²) in [7, 11) is 0. The second-order valence-electron chi connectivity index (χ2n) is 4.84. The number of benzene rings is 2. The van der Waals surface area contributed by atoms with Gasteiger partial charge in [-0.25, -0.2) is 10.2 Å². The Morgan fingerprint density at radius 1 is 1.24 bits per heavy atom. The molecule has 0 aliphatic rings. The molecule has 2 aromatic carbocycles. The van der Waals surface area contributed by atoms with Crippen molar-refractivity contribution in [1.29, 1.82) is 0 Å². The number of hydrogen-bond acceptors (Lipinski definition) is 3. The molecule has 0 saturated heterocycles. The highest BCUT2D eigenvalue weighted by atomic mass is 32.2. The first-order valence-corrected chi connectivity index (χ1v) is 7.49. The van der Waals surface area contributed by atoms with E-state index in [9.17, 15) is 9.18 Å². The molecule has 0 radical (unpaired) electrons. The summed E-state index contributed by atoms with van der Waals surface area (Å²) in [6, 6.07) is 10.4. The topological polar surface area (TPSA) is 55.1 Å². The number of thioether (sulfide) groups is 1. The van der Waals surface area contributed by atoms with Crippen molar-refractivity contribution in [2.24, 2.45) is 5.84 Å². The second kappa shape index (κ2) is 6.74. The van der Waals surface area contributed by atoms with Crippen LogP contribution in [0.2, 0.25) is 0 Å². The highest BCUT2D eigenvalue weighted by Crippen LogP contribution is 2.28. The van der Waals surface area contributed by atoms with Gasteiger partial charge in [-0.1, -0.05) is 17.7 Å². The number of hydrogen-bond donors (Lipinski definition) is 2. The van der Waals surface area contributed by atoms with E-state index in [0.717, 1.165) is 10.5 Å². The number of nitrogen functional groups attached to an aromatic ring is 1. The summed E-state index contributed by atoms with van der Waals surface area (Å²) in [5.74, 6) is 4.81. The van der Waals surface area contributed by atoms with Crippen molar-refractivity contribution in [2.75, 3.05) is 0 Å². The maximum Gasteiger partial charge on any atom is 0.265 e. The predicted molar refractivity (Wildman–Crippen MR) is 83.5 cm³/mol. The van der Waals surface area contributed by atoms with E-state index in [1.54, 1.807) is 11.8 Å². The summed E-state index contributed by atoms with van der Waals surface area (Å²) in [5, 5.41) is 0. The van der Waals surface area contributed by atoms with Gasteiger partial charge in [0.25, 0.3) is 5.91 Å². The number of nitrogens with one attached hydrogen (secondary N) is 1. The molecule has 3 nitrogen and oxygen atoms in total. The zero-order chi connectivity index (χ0) is 15.4. The van der Waals surface area contributed by atoms with Crippen LogP contribution < -0.4 is 11.3 Å². The van der Waals surface area contributed by atoms with Crippen LogP contribution in [0.5, 0.6) is 0 Å². The molecule has 0 bridgehead atoms. The third kappa shape index (κ3) is 3.83. The standard InChI is InChI=1S/C16H17FN2OS/c1-10-3-6-15(11(2)7-10)21-9-13-8-12(16(20)19-18)4-5-14(13)17/h3-8H,9,18H2,1-2H3,(H,19,20). The Kier molecular flexibility index (Phi) is 4.98. The smallest absolute Gasteiger partial charge is 0.265 e. The van der Waals surface area contributed by atoms with Gasteiger partial charge >= 0.3 is 0 Å². The molecular formula is C16H17FN2OS. The van der Waals surface area contributed by atoms with E-state index in [-0.39, 0.29) is 5.82 Å². The van der Waals surface area contributed by atoms with E-state index in [0.29, 0.717) is 16.9 Å². The minimum Gasteiger partial charge on any atom is -0.290 e. The van der Waals surface area contributed by atoms with Gasteiger partial charge in [-0.05, 0) is 49.2 Å². The fourth-order valence-electron chi connectivity index (χ4n) is 2.03. The van der Waals surface area contributed by atoms with Gasteiger partial charge in [-0.3, -0.25) is 10.2 Å². The normalized spacial score (nSPS) is 10.5. The number of nitrogens with two attached hydrogens (primary N) is 1. The van der Waals surface area contributed by atoms with Gasteiger partial charge < -0.3 is 0 Å². The van der Waals surface area contributed by atoms with Crippen LogP contribution in [-0.4, -0.2) is 5.91 Å². The largest absolute Gasteiger partial charge is 0.290 e. The third-order valence-electron chi connectivity index (χ3n) is 3.15. The van der Waals surface area contributed by atoms with Gasteiger partial charge in [0.15, 0.2) is 0 Å². The van der Waals surface area contributed by atoms with E-state index in [1.165, 1.54) is 23.8 Å². The van der Waals surface area contributed by atoms with Gasteiger partial charge in [0, 0.05) is 16.2 Å². The molecule has 0 aliphatic carbocycles. The molecule has 0 unspecified atom stereocenters. The zero-order valence-corrected chi connectivity index (χ0v) is 12.8. The van der Waals surface area contributed by atoms with E-state index < -0.39 is 5.91 Å². The highest BCUT2D eigenvalue weighted by molar-refractivity contribution is 7.98. The lowest BCUT2D eigenvalue weighted by atomic mass is 10.1. The van der Waals surface area contributed by atoms with E-state index in [4.69, 9.17) is 5.84 Å². The first kappa shape index (κ1) is 15.5. The lowest BCUT2D eigenvalue weighted by Crippen LogP contribution is -2.30. The molecule has 0 spiro atoms. The van der Waals surface area contributed by atoms with Crippen LogP contribution in [0, 0.1) is 19.7 Å². The Morgan fingerprint density at radius 3 is 2.67 bits per heavy atom. The molecule has 0 saturated carbocycles. The van der Waals surface area contributed by atoms with Crippen molar-refractivity contribution >= 4 is 17.7 Å². The molecule has 0 heterocycles. The number of halogens is 1. The number of amides is 1. The molecule has 1 amide bonds. The Hall–Kier alpha value is -1.85.